The van der Waals surface area contributed by atoms with E-state index in [1.807, 2.05) is 0 Å². The highest BCUT2D eigenvalue weighted by Crippen LogP contribution is 2.40. The summed E-state index contributed by atoms with van der Waals surface area (Å²) in [5, 5.41) is 9.09. The van der Waals surface area contributed by atoms with Crippen molar-refractivity contribution in [3.05, 3.63) is 0 Å². The van der Waals surface area contributed by atoms with Gasteiger partial charge in [-0.05, 0) is 19.3 Å². The standard InChI is InChI=1S/C12H19F2NO3/c1-18-11(3-2-4-11)6-10(17)15-8-12(13,14)5-9(15)7-16/h9,16H,2-8H2,1H3. The zero-order chi connectivity index (χ0) is 13.4. The molecule has 104 valence electrons. The lowest BCUT2D eigenvalue weighted by atomic mass is 9.77. The molecule has 0 aromatic carbocycles. The molecule has 6 heteroatoms. The van der Waals surface area contributed by atoms with E-state index >= 15 is 0 Å². The monoisotopic (exact) mass is 263 g/mol. The molecule has 1 atom stereocenters. The second-order valence-electron chi connectivity index (χ2n) is 5.34. The molecule has 1 unspecified atom stereocenters. The minimum Gasteiger partial charge on any atom is -0.394 e. The fourth-order valence-corrected chi connectivity index (χ4v) is 2.75. The number of ether oxygens (including phenoxy) is 1. The number of methoxy groups -OCH3 is 1. The van der Waals surface area contributed by atoms with Crippen LogP contribution in [0, 0.1) is 0 Å². The van der Waals surface area contributed by atoms with Gasteiger partial charge in [0.1, 0.15) is 0 Å². The van der Waals surface area contributed by atoms with Crippen LogP contribution >= 0.6 is 0 Å². The molecular weight excluding hydrogens is 244 g/mol. The predicted molar refractivity (Wildman–Crippen MR) is 60.4 cm³/mol. The molecule has 0 bridgehead atoms. The molecule has 1 aliphatic carbocycles. The lowest BCUT2D eigenvalue weighted by molar-refractivity contribution is -0.146. The third-order valence-electron chi connectivity index (χ3n) is 4.08. The van der Waals surface area contributed by atoms with Crippen LogP contribution in [-0.4, -0.2) is 53.7 Å². The lowest BCUT2D eigenvalue weighted by Crippen LogP contribution is -2.47. The highest BCUT2D eigenvalue weighted by molar-refractivity contribution is 5.78. The van der Waals surface area contributed by atoms with Gasteiger partial charge in [0.2, 0.25) is 5.91 Å². The minimum atomic E-state index is -2.89. The number of hydrogen-bond acceptors (Lipinski definition) is 3. The third kappa shape index (κ3) is 2.49. The number of alkyl halides is 2. The normalized spacial score (nSPS) is 29.1. The molecule has 1 amide bonds. The summed E-state index contributed by atoms with van der Waals surface area (Å²) in [5.74, 6) is -3.23. The van der Waals surface area contributed by atoms with Gasteiger partial charge in [-0.15, -0.1) is 0 Å². The van der Waals surface area contributed by atoms with Crippen molar-refractivity contribution >= 4 is 5.91 Å². The molecule has 1 heterocycles. The van der Waals surface area contributed by atoms with Crippen LogP contribution in [0.5, 0.6) is 0 Å². The Hall–Kier alpha value is -0.750. The molecule has 1 aliphatic heterocycles. The van der Waals surface area contributed by atoms with E-state index in [2.05, 4.69) is 0 Å². The van der Waals surface area contributed by atoms with Crippen molar-refractivity contribution in [1.82, 2.24) is 4.90 Å². The maximum atomic E-state index is 13.3. The fraction of sp³-hybridized carbons (Fsp3) is 0.917. The summed E-state index contributed by atoms with van der Waals surface area (Å²) in [5.41, 5.74) is -0.463. The number of aliphatic hydroxyl groups is 1. The van der Waals surface area contributed by atoms with E-state index in [-0.39, 0.29) is 12.3 Å². The maximum absolute atomic E-state index is 13.3. The summed E-state index contributed by atoms with van der Waals surface area (Å²) in [6.07, 6.45) is 2.28. The maximum Gasteiger partial charge on any atom is 0.267 e. The number of aliphatic hydroxyl groups excluding tert-OH is 1. The van der Waals surface area contributed by atoms with Crippen LogP contribution in [0.2, 0.25) is 0 Å². The van der Waals surface area contributed by atoms with E-state index in [9.17, 15) is 13.6 Å². The second-order valence-corrected chi connectivity index (χ2v) is 5.34. The molecule has 2 rings (SSSR count). The topological polar surface area (TPSA) is 49.8 Å². The highest BCUT2D eigenvalue weighted by Gasteiger charge is 2.48. The van der Waals surface area contributed by atoms with Crippen molar-refractivity contribution in [2.24, 2.45) is 0 Å². The number of likely N-dealkylation sites (tertiary alicyclic amines) is 1. The van der Waals surface area contributed by atoms with Crippen LogP contribution in [-0.2, 0) is 9.53 Å². The van der Waals surface area contributed by atoms with E-state index < -0.39 is 37.1 Å². The number of amides is 1. The molecule has 0 aromatic rings. The van der Waals surface area contributed by atoms with Gasteiger partial charge in [0, 0.05) is 13.5 Å². The van der Waals surface area contributed by atoms with Gasteiger partial charge in [-0.1, -0.05) is 0 Å². The number of carbonyl (C=O) groups is 1. The number of halogens is 2. The summed E-state index contributed by atoms with van der Waals surface area (Å²) in [6, 6.07) is -0.763. The van der Waals surface area contributed by atoms with E-state index in [0.29, 0.717) is 0 Å². The Morgan fingerprint density at radius 1 is 1.50 bits per heavy atom. The summed E-state index contributed by atoms with van der Waals surface area (Å²) in [7, 11) is 1.55. The van der Waals surface area contributed by atoms with E-state index in [0.717, 1.165) is 24.2 Å². The summed E-state index contributed by atoms with van der Waals surface area (Å²) >= 11 is 0. The number of hydrogen-bond donors (Lipinski definition) is 1. The van der Waals surface area contributed by atoms with Crippen LogP contribution in [0.25, 0.3) is 0 Å². The van der Waals surface area contributed by atoms with Gasteiger partial charge in [0.25, 0.3) is 5.92 Å². The summed E-state index contributed by atoms with van der Waals surface area (Å²) < 4.78 is 31.9. The van der Waals surface area contributed by atoms with Crippen LogP contribution in [0.15, 0.2) is 0 Å². The SMILES string of the molecule is COC1(CC(=O)N2CC(F)(F)CC2CO)CCC1. The van der Waals surface area contributed by atoms with Gasteiger partial charge in [-0.25, -0.2) is 8.78 Å². The average molecular weight is 263 g/mol. The van der Waals surface area contributed by atoms with Gasteiger partial charge in [0.05, 0.1) is 31.2 Å². The smallest absolute Gasteiger partial charge is 0.267 e. The second kappa shape index (κ2) is 4.74. The molecule has 0 spiro atoms. The third-order valence-corrected chi connectivity index (χ3v) is 4.08. The minimum absolute atomic E-state index is 0.135. The molecule has 0 aromatic heterocycles. The Morgan fingerprint density at radius 2 is 2.17 bits per heavy atom. The predicted octanol–water partition coefficient (Wildman–Crippen LogP) is 1.17. The quantitative estimate of drug-likeness (QED) is 0.828. The van der Waals surface area contributed by atoms with Crippen LogP contribution < -0.4 is 0 Å². The largest absolute Gasteiger partial charge is 0.394 e. The molecule has 4 nitrogen and oxygen atoms in total. The van der Waals surface area contributed by atoms with Crippen LogP contribution in [0.3, 0.4) is 0 Å². The first-order valence-electron chi connectivity index (χ1n) is 6.25. The first-order valence-corrected chi connectivity index (χ1v) is 6.25. The lowest BCUT2D eigenvalue weighted by Gasteiger charge is -2.41. The molecule has 2 aliphatic rings. The highest BCUT2D eigenvalue weighted by atomic mass is 19.3. The zero-order valence-corrected chi connectivity index (χ0v) is 10.5. The molecule has 2 fully saturated rings. The summed E-state index contributed by atoms with van der Waals surface area (Å²) in [4.78, 5) is 13.2. The van der Waals surface area contributed by atoms with Gasteiger partial charge in [-0.3, -0.25) is 4.79 Å². The molecular formula is C12H19F2NO3. The number of nitrogens with zero attached hydrogens (tertiary/aromatic N) is 1. The van der Waals surface area contributed by atoms with E-state index in [1.165, 1.54) is 0 Å². The molecule has 1 saturated heterocycles. The zero-order valence-electron chi connectivity index (χ0n) is 10.5. The molecule has 1 N–H and O–H groups in total. The van der Waals surface area contributed by atoms with Crippen molar-refractivity contribution in [1.29, 1.82) is 0 Å². The van der Waals surface area contributed by atoms with E-state index in [1.54, 1.807) is 7.11 Å². The van der Waals surface area contributed by atoms with Crippen molar-refractivity contribution in [3.8, 4) is 0 Å². The Balaban J connectivity index is 2.00. The van der Waals surface area contributed by atoms with Gasteiger partial charge >= 0.3 is 0 Å². The number of carbonyl (C=O) groups excluding carboxylic acids is 1. The van der Waals surface area contributed by atoms with Gasteiger partial charge in [0.15, 0.2) is 0 Å². The Bertz CT molecular complexity index is 326. The average Bonchev–Trinajstić information content (AvgIpc) is 2.59. The van der Waals surface area contributed by atoms with Crippen molar-refractivity contribution < 1.29 is 23.4 Å². The Labute approximate surface area is 105 Å². The van der Waals surface area contributed by atoms with Crippen molar-refractivity contribution in [2.45, 2.75) is 49.7 Å². The molecule has 18 heavy (non-hydrogen) atoms. The van der Waals surface area contributed by atoms with Crippen LogP contribution in [0.1, 0.15) is 32.1 Å². The van der Waals surface area contributed by atoms with E-state index in [4.69, 9.17) is 9.84 Å². The van der Waals surface area contributed by atoms with Gasteiger partial charge < -0.3 is 14.7 Å². The first-order chi connectivity index (χ1) is 8.41. The van der Waals surface area contributed by atoms with Crippen LogP contribution in [0.4, 0.5) is 8.78 Å². The number of rotatable bonds is 4. The molecule has 1 saturated carbocycles. The fourth-order valence-electron chi connectivity index (χ4n) is 2.75. The Kier molecular flexibility index (Phi) is 3.60. The van der Waals surface area contributed by atoms with Gasteiger partial charge in [-0.2, -0.15) is 0 Å². The van der Waals surface area contributed by atoms with Crippen molar-refractivity contribution in [3.63, 3.8) is 0 Å². The van der Waals surface area contributed by atoms with Crippen molar-refractivity contribution in [2.75, 3.05) is 20.3 Å². The first kappa shape index (κ1) is 13.7. The summed E-state index contributed by atoms with van der Waals surface area (Å²) in [6.45, 7) is -1.00. The molecule has 0 radical (unpaired) electrons. The Morgan fingerprint density at radius 3 is 2.61 bits per heavy atom.